The highest BCUT2D eigenvalue weighted by Gasteiger charge is 2.21. The molecule has 1 amide bonds. The van der Waals surface area contributed by atoms with Crippen molar-refractivity contribution >= 4 is 5.91 Å². The zero-order chi connectivity index (χ0) is 16.2. The van der Waals surface area contributed by atoms with Crippen LogP contribution in [0.15, 0.2) is 24.3 Å². The minimum atomic E-state index is -0.310. The van der Waals surface area contributed by atoms with E-state index < -0.39 is 0 Å². The lowest BCUT2D eigenvalue weighted by Gasteiger charge is -2.16. The molecule has 3 N–H and O–H groups in total. The minimum Gasteiger partial charge on any atom is -0.489 e. The van der Waals surface area contributed by atoms with Crippen molar-refractivity contribution in [2.24, 2.45) is 0 Å². The Kier molecular flexibility index (Phi) is 4.57. The molecule has 2 heterocycles. The molecule has 1 unspecified atom stereocenters. The van der Waals surface area contributed by atoms with Crippen molar-refractivity contribution in [3.63, 3.8) is 0 Å². The van der Waals surface area contributed by atoms with Gasteiger partial charge in [0.25, 0.3) is 5.91 Å². The highest BCUT2D eigenvalue weighted by molar-refractivity contribution is 5.94. The molecule has 0 bridgehead atoms. The van der Waals surface area contributed by atoms with Crippen molar-refractivity contribution in [2.45, 2.75) is 26.0 Å². The second kappa shape index (κ2) is 6.78. The summed E-state index contributed by atoms with van der Waals surface area (Å²) in [6.07, 6.45) is 0.608. The van der Waals surface area contributed by atoms with Gasteiger partial charge in [-0.15, -0.1) is 0 Å². The van der Waals surface area contributed by atoms with E-state index in [2.05, 4.69) is 20.8 Å². The van der Waals surface area contributed by atoms with Crippen LogP contribution in [0.5, 0.6) is 5.75 Å². The van der Waals surface area contributed by atoms with Gasteiger partial charge >= 0.3 is 0 Å². The van der Waals surface area contributed by atoms with E-state index in [-0.39, 0.29) is 17.8 Å². The standard InChI is InChI=1S/C16H19FN4O2/c1-10(23-12-4-2-11(17)3-5-12)8-19-16(22)15-13-9-18-7-6-14(13)20-21-15/h2-5,10,18H,6-9H2,1H3,(H,19,22)(H,20,21). The molecule has 3 rings (SSSR count). The number of aromatic amines is 1. The molecule has 7 heteroatoms. The minimum absolute atomic E-state index is 0.222. The zero-order valence-electron chi connectivity index (χ0n) is 12.9. The molecule has 0 saturated heterocycles. The number of hydrogen-bond acceptors (Lipinski definition) is 4. The largest absolute Gasteiger partial charge is 0.489 e. The first-order valence-corrected chi connectivity index (χ1v) is 7.60. The molecule has 1 aromatic carbocycles. The van der Waals surface area contributed by atoms with Gasteiger partial charge in [0, 0.05) is 30.8 Å². The summed E-state index contributed by atoms with van der Waals surface area (Å²) in [5, 5.41) is 13.1. The van der Waals surface area contributed by atoms with Crippen LogP contribution in [0.25, 0.3) is 0 Å². The third-order valence-corrected chi connectivity index (χ3v) is 3.72. The van der Waals surface area contributed by atoms with Crippen LogP contribution in [0.1, 0.15) is 28.7 Å². The summed E-state index contributed by atoms with van der Waals surface area (Å²) in [6, 6.07) is 5.79. The summed E-state index contributed by atoms with van der Waals surface area (Å²) in [5.74, 6) is 0.0328. The third-order valence-electron chi connectivity index (χ3n) is 3.72. The number of carbonyl (C=O) groups excluding carboxylic acids is 1. The van der Waals surface area contributed by atoms with Gasteiger partial charge in [0.2, 0.25) is 0 Å². The molecule has 122 valence electrons. The molecule has 0 aliphatic carbocycles. The van der Waals surface area contributed by atoms with Crippen LogP contribution in [0.4, 0.5) is 4.39 Å². The van der Waals surface area contributed by atoms with E-state index >= 15 is 0 Å². The number of carbonyl (C=O) groups is 1. The molecule has 0 saturated carbocycles. The number of amides is 1. The molecule has 2 aromatic rings. The van der Waals surface area contributed by atoms with E-state index in [1.54, 1.807) is 12.1 Å². The fraction of sp³-hybridized carbons (Fsp3) is 0.375. The van der Waals surface area contributed by atoms with Gasteiger partial charge < -0.3 is 15.4 Å². The topological polar surface area (TPSA) is 79.0 Å². The van der Waals surface area contributed by atoms with Gasteiger partial charge in [0.05, 0.1) is 6.54 Å². The molecule has 1 atom stereocenters. The molecule has 0 spiro atoms. The van der Waals surface area contributed by atoms with Crippen LogP contribution in [0, 0.1) is 5.82 Å². The first kappa shape index (κ1) is 15.5. The lowest BCUT2D eigenvalue weighted by atomic mass is 10.1. The Labute approximate surface area is 133 Å². The monoisotopic (exact) mass is 318 g/mol. The lowest BCUT2D eigenvalue weighted by molar-refractivity contribution is 0.0926. The van der Waals surface area contributed by atoms with Crippen molar-refractivity contribution < 1.29 is 13.9 Å². The van der Waals surface area contributed by atoms with Crippen LogP contribution in [0.3, 0.4) is 0 Å². The van der Waals surface area contributed by atoms with E-state index in [1.807, 2.05) is 6.92 Å². The maximum Gasteiger partial charge on any atom is 0.272 e. The van der Waals surface area contributed by atoms with Crippen LogP contribution < -0.4 is 15.4 Å². The van der Waals surface area contributed by atoms with Crippen molar-refractivity contribution in [1.82, 2.24) is 20.8 Å². The average molecular weight is 318 g/mol. The summed E-state index contributed by atoms with van der Waals surface area (Å²) in [6.45, 7) is 3.71. The van der Waals surface area contributed by atoms with Gasteiger partial charge in [0.15, 0.2) is 5.69 Å². The smallest absolute Gasteiger partial charge is 0.272 e. The first-order chi connectivity index (χ1) is 11.1. The maximum absolute atomic E-state index is 12.8. The molecule has 1 aromatic heterocycles. The van der Waals surface area contributed by atoms with Gasteiger partial charge in [-0.05, 0) is 31.2 Å². The molecule has 6 nitrogen and oxygen atoms in total. The summed E-state index contributed by atoms with van der Waals surface area (Å²) >= 11 is 0. The highest BCUT2D eigenvalue weighted by atomic mass is 19.1. The summed E-state index contributed by atoms with van der Waals surface area (Å²) in [5.41, 5.74) is 2.38. The molecule has 1 aliphatic heterocycles. The fourth-order valence-electron chi connectivity index (χ4n) is 2.52. The van der Waals surface area contributed by atoms with Crippen molar-refractivity contribution in [1.29, 1.82) is 0 Å². The Morgan fingerprint density at radius 3 is 3.00 bits per heavy atom. The number of aromatic nitrogens is 2. The van der Waals surface area contributed by atoms with Crippen LogP contribution in [-0.4, -0.2) is 35.3 Å². The van der Waals surface area contributed by atoms with Crippen LogP contribution >= 0.6 is 0 Å². The molecule has 0 fully saturated rings. The van der Waals surface area contributed by atoms with E-state index in [4.69, 9.17) is 4.74 Å². The van der Waals surface area contributed by atoms with Crippen molar-refractivity contribution in [3.05, 3.63) is 47.0 Å². The van der Waals surface area contributed by atoms with Crippen molar-refractivity contribution in [2.75, 3.05) is 13.1 Å². The molecule has 1 aliphatic rings. The third kappa shape index (κ3) is 3.68. The normalized spacial score (nSPS) is 14.9. The Morgan fingerprint density at radius 2 is 2.22 bits per heavy atom. The Hall–Kier alpha value is -2.41. The summed E-state index contributed by atoms with van der Waals surface area (Å²) in [7, 11) is 0. The molecule has 0 radical (unpaired) electrons. The van der Waals surface area contributed by atoms with Gasteiger partial charge in [-0.3, -0.25) is 9.89 Å². The molecular weight excluding hydrogens is 299 g/mol. The number of fused-ring (bicyclic) bond motifs is 1. The predicted molar refractivity (Wildman–Crippen MR) is 82.8 cm³/mol. The highest BCUT2D eigenvalue weighted by Crippen LogP contribution is 2.15. The Morgan fingerprint density at radius 1 is 1.43 bits per heavy atom. The maximum atomic E-state index is 12.8. The summed E-state index contributed by atoms with van der Waals surface area (Å²) in [4.78, 5) is 12.3. The predicted octanol–water partition coefficient (Wildman–Crippen LogP) is 1.39. The van der Waals surface area contributed by atoms with E-state index in [1.165, 1.54) is 12.1 Å². The van der Waals surface area contributed by atoms with Crippen molar-refractivity contribution in [3.8, 4) is 5.75 Å². The molecular formula is C16H19FN4O2. The second-order valence-corrected chi connectivity index (χ2v) is 5.55. The Balaban J connectivity index is 1.54. The SMILES string of the molecule is CC(CNC(=O)c1n[nH]c2c1CNCC2)Oc1ccc(F)cc1. The number of nitrogens with one attached hydrogen (secondary N) is 3. The quantitative estimate of drug-likeness (QED) is 0.778. The van der Waals surface area contributed by atoms with E-state index in [0.717, 1.165) is 24.2 Å². The molecule has 23 heavy (non-hydrogen) atoms. The van der Waals surface area contributed by atoms with Gasteiger partial charge in [0.1, 0.15) is 17.7 Å². The first-order valence-electron chi connectivity index (χ1n) is 7.60. The number of halogens is 1. The number of rotatable bonds is 5. The van der Waals surface area contributed by atoms with Gasteiger partial charge in [-0.1, -0.05) is 0 Å². The number of benzene rings is 1. The summed E-state index contributed by atoms with van der Waals surface area (Å²) < 4.78 is 18.5. The second-order valence-electron chi connectivity index (χ2n) is 5.55. The Bertz CT molecular complexity index is 684. The number of nitrogens with zero attached hydrogens (tertiary/aromatic N) is 1. The van der Waals surface area contributed by atoms with Crippen LogP contribution in [-0.2, 0) is 13.0 Å². The number of hydrogen-bond donors (Lipinski definition) is 3. The fourth-order valence-corrected chi connectivity index (χ4v) is 2.52. The van der Waals surface area contributed by atoms with Crippen LogP contribution in [0.2, 0.25) is 0 Å². The average Bonchev–Trinajstić information content (AvgIpc) is 2.99. The zero-order valence-corrected chi connectivity index (χ0v) is 12.9. The van der Waals surface area contributed by atoms with Gasteiger partial charge in [-0.25, -0.2) is 4.39 Å². The van der Waals surface area contributed by atoms with E-state index in [0.29, 0.717) is 24.5 Å². The number of H-pyrrole nitrogens is 1. The lowest BCUT2D eigenvalue weighted by Crippen LogP contribution is -2.35. The van der Waals surface area contributed by atoms with Gasteiger partial charge in [-0.2, -0.15) is 5.10 Å². The number of ether oxygens (including phenoxy) is 1. The van der Waals surface area contributed by atoms with E-state index in [9.17, 15) is 9.18 Å².